The fraction of sp³-hybridized carbons (Fsp3) is 0.267. The molecule has 1 aromatic heterocycles. The number of aromatic nitrogens is 2. The number of anilines is 2. The van der Waals surface area contributed by atoms with Crippen LogP contribution in [0.3, 0.4) is 0 Å². The molecule has 1 aromatic carbocycles. The quantitative estimate of drug-likeness (QED) is 0.697. The van der Waals surface area contributed by atoms with Crippen LogP contribution in [0, 0.1) is 0 Å². The smallest absolute Gasteiger partial charge is 0.387 e. The molecule has 0 unspecified atom stereocenters. The van der Waals surface area contributed by atoms with Crippen LogP contribution in [0.15, 0.2) is 35.2 Å². The highest BCUT2D eigenvalue weighted by atomic mass is 32.2. The number of hydrogen-bond acceptors (Lipinski definition) is 8. The molecular weight excluding hydrogens is 400 g/mol. The third-order valence-electron chi connectivity index (χ3n) is 3.16. The van der Waals surface area contributed by atoms with Crippen molar-refractivity contribution >= 4 is 27.8 Å². The zero-order valence-corrected chi connectivity index (χ0v) is 15.8. The fourth-order valence-electron chi connectivity index (χ4n) is 1.97. The number of rotatable bonds is 7. The van der Waals surface area contributed by atoms with Gasteiger partial charge in [0.15, 0.2) is 0 Å². The van der Waals surface area contributed by atoms with Crippen molar-refractivity contribution in [1.29, 1.82) is 0 Å². The highest BCUT2D eigenvalue weighted by molar-refractivity contribution is 7.90. The van der Waals surface area contributed by atoms with E-state index in [1.807, 2.05) is 0 Å². The second kappa shape index (κ2) is 8.65. The summed E-state index contributed by atoms with van der Waals surface area (Å²) in [7, 11) is 0.223. The fourth-order valence-corrected chi connectivity index (χ4v) is 3.02. The molecule has 0 atom stereocenters. The number of hydrogen-bond donors (Lipinski definition) is 2. The first-order valence-corrected chi connectivity index (χ1v) is 9.08. The van der Waals surface area contributed by atoms with Crippen LogP contribution in [0.5, 0.6) is 11.6 Å². The van der Waals surface area contributed by atoms with Crippen molar-refractivity contribution in [3.63, 3.8) is 0 Å². The molecule has 0 bridgehead atoms. The topological polar surface area (TPSA) is 123 Å². The molecule has 0 saturated carbocycles. The van der Waals surface area contributed by atoms with E-state index in [2.05, 4.69) is 20.0 Å². The van der Waals surface area contributed by atoms with Crippen LogP contribution in [-0.4, -0.2) is 52.2 Å². The second-order valence-electron chi connectivity index (χ2n) is 5.37. The van der Waals surface area contributed by atoms with Crippen LogP contribution < -0.4 is 24.4 Å². The number of para-hydroxylation sites is 1. The molecule has 0 spiro atoms. The summed E-state index contributed by atoms with van der Waals surface area (Å²) in [6.07, 6.45) is 0. The molecule has 0 saturated heterocycles. The Morgan fingerprint density at radius 3 is 2.50 bits per heavy atom. The number of benzene rings is 1. The number of nitrogens with zero attached hydrogens (tertiary/aromatic N) is 3. The number of methoxy groups -OCH3 is 1. The Balaban J connectivity index is 2.22. The van der Waals surface area contributed by atoms with Crippen molar-refractivity contribution in [2.24, 2.45) is 0 Å². The second-order valence-corrected chi connectivity index (χ2v) is 7.02. The average molecular weight is 417 g/mol. The first-order chi connectivity index (χ1) is 13.1. The lowest BCUT2D eigenvalue weighted by molar-refractivity contribution is -0.0517. The molecule has 152 valence electrons. The molecule has 2 rings (SSSR count). The summed E-state index contributed by atoms with van der Waals surface area (Å²) in [4.78, 5) is 21.0. The number of carbonyl (C=O) groups is 1. The summed E-state index contributed by atoms with van der Waals surface area (Å²) in [5, 5.41) is 2.15. The monoisotopic (exact) mass is 417 g/mol. The summed E-state index contributed by atoms with van der Waals surface area (Å²) in [5.74, 6) is -0.314. The molecule has 2 amide bonds. The number of sulfonamides is 1. The Bertz CT molecular complexity index is 956. The number of urea groups is 1. The van der Waals surface area contributed by atoms with Gasteiger partial charge in [-0.1, -0.05) is 12.1 Å². The first-order valence-electron chi connectivity index (χ1n) is 7.60. The van der Waals surface area contributed by atoms with Crippen LogP contribution in [0.2, 0.25) is 0 Å². The molecule has 0 aliphatic carbocycles. The Labute approximate surface area is 159 Å². The van der Waals surface area contributed by atoms with Crippen molar-refractivity contribution in [3.05, 3.63) is 30.3 Å². The van der Waals surface area contributed by atoms with E-state index in [4.69, 9.17) is 4.74 Å². The van der Waals surface area contributed by atoms with Gasteiger partial charge in [-0.25, -0.2) is 17.9 Å². The summed E-state index contributed by atoms with van der Waals surface area (Å²) in [6.45, 7) is -3.24. The maximum Gasteiger partial charge on any atom is 0.387 e. The number of halogens is 2. The number of ether oxygens (including phenoxy) is 2. The Morgan fingerprint density at radius 2 is 1.89 bits per heavy atom. The Kier molecular flexibility index (Phi) is 6.51. The van der Waals surface area contributed by atoms with Gasteiger partial charge in [-0.05, 0) is 12.1 Å². The van der Waals surface area contributed by atoms with Crippen molar-refractivity contribution in [2.75, 3.05) is 31.4 Å². The van der Waals surface area contributed by atoms with E-state index in [0.717, 1.165) is 12.1 Å². The van der Waals surface area contributed by atoms with E-state index < -0.39 is 33.3 Å². The van der Waals surface area contributed by atoms with E-state index >= 15 is 0 Å². The molecule has 0 radical (unpaired) electrons. The van der Waals surface area contributed by atoms with Gasteiger partial charge >= 0.3 is 12.6 Å². The van der Waals surface area contributed by atoms with E-state index in [1.54, 1.807) is 23.7 Å². The van der Waals surface area contributed by atoms with Gasteiger partial charge in [0.1, 0.15) is 16.5 Å². The minimum Gasteiger partial charge on any atom is -0.481 e. The van der Waals surface area contributed by atoms with Gasteiger partial charge in [-0.15, -0.1) is 0 Å². The number of alkyl halides is 2. The molecule has 2 aromatic rings. The van der Waals surface area contributed by atoms with Crippen molar-refractivity contribution in [1.82, 2.24) is 14.7 Å². The summed E-state index contributed by atoms with van der Waals surface area (Å²) in [6, 6.07) is 4.94. The van der Waals surface area contributed by atoms with Crippen molar-refractivity contribution < 1.29 is 31.5 Å². The van der Waals surface area contributed by atoms with Crippen LogP contribution in [0.25, 0.3) is 0 Å². The van der Waals surface area contributed by atoms with E-state index in [1.165, 1.54) is 25.3 Å². The summed E-state index contributed by atoms with van der Waals surface area (Å²) < 4.78 is 60.5. The van der Waals surface area contributed by atoms with Crippen LogP contribution >= 0.6 is 0 Å². The molecule has 10 nitrogen and oxygen atoms in total. The van der Waals surface area contributed by atoms with Crippen LogP contribution in [0.4, 0.5) is 25.3 Å². The number of nitrogens with one attached hydrogen (secondary N) is 2. The van der Waals surface area contributed by atoms with Crippen LogP contribution in [0.1, 0.15) is 0 Å². The molecule has 0 fully saturated rings. The van der Waals surface area contributed by atoms with Gasteiger partial charge in [0.05, 0.1) is 7.11 Å². The molecule has 13 heteroatoms. The molecular formula is C15H17F2N5O5S. The zero-order chi connectivity index (χ0) is 20.9. The molecule has 0 aliphatic heterocycles. The normalized spacial score (nSPS) is 11.1. The molecule has 0 aliphatic rings. The largest absolute Gasteiger partial charge is 0.481 e. The highest BCUT2D eigenvalue weighted by Crippen LogP contribution is 2.25. The van der Waals surface area contributed by atoms with Gasteiger partial charge in [0.2, 0.25) is 11.8 Å². The van der Waals surface area contributed by atoms with Crippen LogP contribution in [-0.2, 0) is 10.0 Å². The lowest BCUT2D eigenvalue weighted by Gasteiger charge is -2.14. The van der Waals surface area contributed by atoms with E-state index in [-0.39, 0.29) is 11.8 Å². The lowest BCUT2D eigenvalue weighted by Crippen LogP contribution is -2.35. The number of amides is 2. The van der Waals surface area contributed by atoms with E-state index in [0.29, 0.717) is 5.82 Å². The van der Waals surface area contributed by atoms with Gasteiger partial charge in [0.25, 0.3) is 10.0 Å². The van der Waals surface area contributed by atoms with Gasteiger partial charge in [0, 0.05) is 20.2 Å². The molecule has 2 N–H and O–H groups in total. The minimum absolute atomic E-state index is 0.132. The third-order valence-corrected chi connectivity index (χ3v) is 4.53. The molecule has 28 heavy (non-hydrogen) atoms. The summed E-state index contributed by atoms with van der Waals surface area (Å²) in [5.41, 5.74) is 0. The summed E-state index contributed by atoms with van der Waals surface area (Å²) >= 11 is 0. The maximum absolute atomic E-state index is 12.5. The minimum atomic E-state index is -4.52. The van der Waals surface area contributed by atoms with Gasteiger partial charge in [-0.3, -0.25) is 5.32 Å². The number of carbonyl (C=O) groups excluding carboxylic acids is 1. The standard InChI is InChI=1S/C15H17F2N5O5S/c1-22(2)11-8-12(26-3)19-14(18-11)20-15(23)21-28(24,25)10-7-5-4-6-9(10)27-13(16)17/h4-8,13H,1-3H3,(H2,18,19,20,21,23). The first kappa shape index (κ1) is 21.1. The maximum atomic E-state index is 12.5. The van der Waals surface area contributed by atoms with E-state index in [9.17, 15) is 22.0 Å². The van der Waals surface area contributed by atoms with Gasteiger partial charge in [-0.2, -0.15) is 18.7 Å². The predicted molar refractivity (Wildman–Crippen MR) is 95.3 cm³/mol. The average Bonchev–Trinajstić information content (AvgIpc) is 2.60. The third kappa shape index (κ3) is 5.39. The van der Waals surface area contributed by atoms with Gasteiger partial charge < -0.3 is 14.4 Å². The highest BCUT2D eigenvalue weighted by Gasteiger charge is 2.24. The lowest BCUT2D eigenvalue weighted by atomic mass is 10.3. The Hall–Kier alpha value is -3.22. The SMILES string of the molecule is COc1cc(N(C)C)nc(NC(=O)NS(=O)(=O)c2ccccc2OC(F)F)n1. The molecule has 1 heterocycles. The Morgan fingerprint density at radius 1 is 1.21 bits per heavy atom. The zero-order valence-electron chi connectivity index (χ0n) is 15.0. The van der Waals surface area contributed by atoms with Crippen molar-refractivity contribution in [2.45, 2.75) is 11.5 Å². The van der Waals surface area contributed by atoms with Crippen molar-refractivity contribution in [3.8, 4) is 11.6 Å². The predicted octanol–water partition coefficient (Wildman–Crippen LogP) is 1.66.